The molecule has 0 aliphatic rings. The number of amides is 1. The summed E-state index contributed by atoms with van der Waals surface area (Å²) < 4.78 is 20.3. The van der Waals surface area contributed by atoms with E-state index in [9.17, 15) is 9.18 Å². The summed E-state index contributed by atoms with van der Waals surface area (Å²) in [6.45, 7) is 3.75. The number of oxazole rings is 1. The van der Waals surface area contributed by atoms with Crippen molar-refractivity contribution in [1.82, 2.24) is 25.2 Å². The van der Waals surface area contributed by atoms with Gasteiger partial charge in [0, 0.05) is 24.1 Å². The Kier molecular flexibility index (Phi) is 5.34. The fourth-order valence-corrected chi connectivity index (χ4v) is 2.99. The maximum Gasteiger partial charge on any atom is 0.224 e. The van der Waals surface area contributed by atoms with Gasteiger partial charge in [-0.05, 0) is 66.2 Å². The number of carbonyl (C=O) groups is 1. The monoisotopic (exact) mass is 406 g/mol. The largest absolute Gasteiger partial charge is 0.441 e. The number of carbonyl (C=O) groups excluding carboxylic acids is 1. The SMILES string of the molecule is Cc1ccc(NC(=O)CCc2ncc(-c3ccc(F)cc3)o2)cc1-n1nnnc1C. The molecule has 0 unspecified atom stereocenters. The van der Waals surface area contributed by atoms with Gasteiger partial charge in [0.05, 0.1) is 11.9 Å². The van der Waals surface area contributed by atoms with Crippen LogP contribution in [0.3, 0.4) is 0 Å². The number of benzene rings is 2. The molecule has 152 valence electrons. The number of rotatable bonds is 6. The molecule has 1 N–H and O–H groups in total. The van der Waals surface area contributed by atoms with Crippen molar-refractivity contribution in [3.63, 3.8) is 0 Å². The summed E-state index contributed by atoms with van der Waals surface area (Å²) in [6, 6.07) is 11.5. The normalized spacial score (nSPS) is 10.9. The predicted octanol–water partition coefficient (Wildman–Crippen LogP) is 3.64. The van der Waals surface area contributed by atoms with E-state index in [0.29, 0.717) is 29.6 Å². The molecule has 0 atom stereocenters. The smallest absolute Gasteiger partial charge is 0.224 e. The zero-order chi connectivity index (χ0) is 21.1. The quantitative estimate of drug-likeness (QED) is 0.525. The summed E-state index contributed by atoms with van der Waals surface area (Å²) in [5, 5.41) is 14.4. The van der Waals surface area contributed by atoms with Crippen LogP contribution in [-0.4, -0.2) is 31.1 Å². The van der Waals surface area contributed by atoms with Gasteiger partial charge in [0.15, 0.2) is 17.5 Å². The Morgan fingerprint density at radius 1 is 1.17 bits per heavy atom. The first-order valence-corrected chi connectivity index (χ1v) is 9.36. The number of nitrogens with one attached hydrogen (secondary N) is 1. The van der Waals surface area contributed by atoms with Gasteiger partial charge < -0.3 is 9.73 Å². The molecule has 9 heteroatoms. The molecule has 0 aliphatic heterocycles. The van der Waals surface area contributed by atoms with Gasteiger partial charge in [-0.2, -0.15) is 4.68 Å². The Morgan fingerprint density at radius 3 is 2.70 bits per heavy atom. The minimum atomic E-state index is -0.315. The summed E-state index contributed by atoms with van der Waals surface area (Å²) in [7, 11) is 0. The highest BCUT2D eigenvalue weighted by Gasteiger charge is 2.12. The molecule has 0 bridgehead atoms. The van der Waals surface area contributed by atoms with Crippen LogP contribution in [0, 0.1) is 19.7 Å². The summed E-state index contributed by atoms with van der Waals surface area (Å²) in [6.07, 6.45) is 2.12. The van der Waals surface area contributed by atoms with Gasteiger partial charge >= 0.3 is 0 Å². The number of aryl methyl sites for hydroxylation is 3. The molecule has 0 aliphatic carbocycles. The first-order valence-electron chi connectivity index (χ1n) is 9.36. The molecule has 2 aromatic heterocycles. The van der Waals surface area contributed by atoms with Gasteiger partial charge in [0.2, 0.25) is 5.91 Å². The fourth-order valence-electron chi connectivity index (χ4n) is 2.99. The number of hydrogen-bond acceptors (Lipinski definition) is 6. The minimum Gasteiger partial charge on any atom is -0.441 e. The minimum absolute atomic E-state index is 0.167. The van der Waals surface area contributed by atoms with Crippen molar-refractivity contribution < 1.29 is 13.6 Å². The van der Waals surface area contributed by atoms with Crippen molar-refractivity contribution in [2.75, 3.05) is 5.32 Å². The second-order valence-corrected chi connectivity index (χ2v) is 6.81. The van der Waals surface area contributed by atoms with Crippen molar-refractivity contribution in [2.45, 2.75) is 26.7 Å². The van der Waals surface area contributed by atoms with Crippen LogP contribution in [-0.2, 0) is 11.2 Å². The molecular formula is C21H19FN6O2. The Labute approximate surface area is 171 Å². The highest BCUT2D eigenvalue weighted by molar-refractivity contribution is 5.91. The molecule has 2 heterocycles. The van der Waals surface area contributed by atoms with E-state index in [1.54, 1.807) is 29.9 Å². The van der Waals surface area contributed by atoms with Crippen LogP contribution in [0.15, 0.2) is 53.1 Å². The van der Waals surface area contributed by atoms with Crippen LogP contribution in [0.1, 0.15) is 23.7 Å². The number of anilines is 1. The number of nitrogens with zero attached hydrogens (tertiary/aromatic N) is 5. The van der Waals surface area contributed by atoms with Gasteiger partial charge in [-0.25, -0.2) is 9.37 Å². The van der Waals surface area contributed by atoms with Gasteiger partial charge in [-0.3, -0.25) is 4.79 Å². The highest BCUT2D eigenvalue weighted by Crippen LogP contribution is 2.22. The molecule has 0 spiro atoms. The topological polar surface area (TPSA) is 98.7 Å². The lowest BCUT2D eigenvalue weighted by atomic mass is 10.1. The lowest BCUT2D eigenvalue weighted by Crippen LogP contribution is -2.13. The molecule has 0 radical (unpaired) electrons. The first kappa shape index (κ1) is 19.4. The van der Waals surface area contributed by atoms with Crippen LogP contribution in [0.2, 0.25) is 0 Å². The third-order valence-electron chi connectivity index (χ3n) is 4.59. The maximum atomic E-state index is 13.0. The van der Waals surface area contributed by atoms with Crippen LogP contribution in [0.5, 0.6) is 0 Å². The molecular weight excluding hydrogens is 387 g/mol. The first-order chi connectivity index (χ1) is 14.5. The molecule has 2 aromatic carbocycles. The van der Waals surface area contributed by atoms with Crippen molar-refractivity contribution in [3.8, 4) is 17.0 Å². The molecule has 0 fully saturated rings. The van der Waals surface area contributed by atoms with Crippen LogP contribution < -0.4 is 5.32 Å². The van der Waals surface area contributed by atoms with E-state index < -0.39 is 0 Å². The van der Waals surface area contributed by atoms with Crippen LogP contribution in [0.4, 0.5) is 10.1 Å². The molecule has 8 nitrogen and oxygen atoms in total. The second-order valence-electron chi connectivity index (χ2n) is 6.81. The number of aromatic nitrogens is 5. The van der Waals surface area contributed by atoms with Crippen molar-refractivity contribution in [3.05, 3.63) is 71.8 Å². The van der Waals surface area contributed by atoms with E-state index in [0.717, 1.165) is 16.8 Å². The fraction of sp³-hybridized carbons (Fsp3) is 0.190. The Morgan fingerprint density at radius 2 is 1.97 bits per heavy atom. The molecule has 1 amide bonds. The molecule has 4 rings (SSSR count). The summed E-state index contributed by atoms with van der Waals surface area (Å²) in [4.78, 5) is 16.6. The molecule has 30 heavy (non-hydrogen) atoms. The van der Waals surface area contributed by atoms with Crippen molar-refractivity contribution in [1.29, 1.82) is 0 Å². The van der Waals surface area contributed by atoms with E-state index >= 15 is 0 Å². The second kappa shape index (κ2) is 8.24. The zero-order valence-electron chi connectivity index (χ0n) is 16.5. The molecule has 0 saturated heterocycles. The predicted molar refractivity (Wildman–Crippen MR) is 107 cm³/mol. The van der Waals surface area contributed by atoms with Gasteiger partial charge in [0.1, 0.15) is 5.82 Å². The lowest BCUT2D eigenvalue weighted by Gasteiger charge is -2.10. The number of tetrazole rings is 1. The Balaban J connectivity index is 1.39. The van der Waals surface area contributed by atoms with Gasteiger partial charge in [-0.1, -0.05) is 6.07 Å². The summed E-state index contributed by atoms with van der Waals surface area (Å²) in [5.41, 5.74) is 3.16. The Hall–Kier alpha value is -3.88. The van der Waals surface area contributed by atoms with Crippen molar-refractivity contribution >= 4 is 11.6 Å². The van der Waals surface area contributed by atoms with Crippen molar-refractivity contribution in [2.24, 2.45) is 0 Å². The van der Waals surface area contributed by atoms with E-state index in [-0.39, 0.29) is 18.1 Å². The Bertz CT molecular complexity index is 1180. The van der Waals surface area contributed by atoms with E-state index in [2.05, 4.69) is 25.8 Å². The average Bonchev–Trinajstić information content (AvgIpc) is 3.38. The third-order valence-corrected chi connectivity index (χ3v) is 4.59. The number of halogens is 1. The van der Waals surface area contributed by atoms with E-state index in [1.807, 2.05) is 25.1 Å². The summed E-state index contributed by atoms with van der Waals surface area (Å²) in [5.74, 6) is 1.15. The molecule has 0 saturated carbocycles. The van der Waals surface area contributed by atoms with Crippen LogP contribution in [0.25, 0.3) is 17.0 Å². The average molecular weight is 406 g/mol. The van der Waals surface area contributed by atoms with Gasteiger partial charge in [-0.15, -0.1) is 5.10 Å². The highest BCUT2D eigenvalue weighted by atomic mass is 19.1. The number of hydrogen-bond donors (Lipinski definition) is 1. The van der Waals surface area contributed by atoms with E-state index in [1.165, 1.54) is 12.1 Å². The standard InChI is InChI=1S/C21H19FN6O2/c1-13-3-8-17(11-18(13)28-14(2)25-26-27-28)24-20(29)9-10-21-23-12-19(30-21)15-4-6-16(22)7-5-15/h3-8,11-12H,9-10H2,1-2H3,(H,24,29). The third kappa shape index (κ3) is 4.24. The van der Waals surface area contributed by atoms with Gasteiger partial charge in [0.25, 0.3) is 0 Å². The molecule has 4 aromatic rings. The zero-order valence-corrected chi connectivity index (χ0v) is 16.5. The summed E-state index contributed by atoms with van der Waals surface area (Å²) >= 11 is 0. The van der Waals surface area contributed by atoms with E-state index in [4.69, 9.17) is 4.42 Å². The lowest BCUT2D eigenvalue weighted by molar-refractivity contribution is -0.116. The maximum absolute atomic E-state index is 13.0. The van der Waals surface area contributed by atoms with Crippen LogP contribution >= 0.6 is 0 Å².